The molecular weight excluding hydrogens is 168 g/mol. The van der Waals surface area contributed by atoms with Crippen molar-refractivity contribution in [1.82, 2.24) is 0 Å². The summed E-state index contributed by atoms with van der Waals surface area (Å²) >= 11 is 0. The van der Waals surface area contributed by atoms with Crippen molar-refractivity contribution < 1.29 is 14.6 Å². The van der Waals surface area contributed by atoms with Crippen LogP contribution in [0.15, 0.2) is 12.1 Å². The van der Waals surface area contributed by atoms with Crippen LogP contribution in [0.5, 0.6) is 17.2 Å². The van der Waals surface area contributed by atoms with Gasteiger partial charge in [0.15, 0.2) is 11.5 Å². The second kappa shape index (κ2) is 4.03. The summed E-state index contributed by atoms with van der Waals surface area (Å²) < 4.78 is 10.1. The van der Waals surface area contributed by atoms with E-state index in [1.165, 1.54) is 7.11 Å². The molecule has 0 amide bonds. The van der Waals surface area contributed by atoms with Gasteiger partial charge in [0.2, 0.25) is 0 Å². The Balaban J connectivity index is 3.23. The molecule has 1 aromatic carbocycles. The molecule has 0 bridgehead atoms. The average molecular weight is 182 g/mol. The third-order valence-corrected chi connectivity index (χ3v) is 2.00. The molecule has 0 heterocycles. The van der Waals surface area contributed by atoms with Gasteiger partial charge < -0.3 is 14.6 Å². The van der Waals surface area contributed by atoms with Gasteiger partial charge in [-0.2, -0.15) is 0 Å². The van der Waals surface area contributed by atoms with Gasteiger partial charge in [-0.05, 0) is 18.6 Å². The molecule has 0 aliphatic rings. The fourth-order valence-electron chi connectivity index (χ4n) is 1.29. The molecule has 0 radical (unpaired) electrons. The summed E-state index contributed by atoms with van der Waals surface area (Å²) in [6, 6.07) is 3.48. The normalized spacial score (nSPS) is 9.77. The first-order valence-electron chi connectivity index (χ1n) is 4.17. The molecule has 0 atom stereocenters. The maximum Gasteiger partial charge on any atom is 0.164 e. The van der Waals surface area contributed by atoms with Gasteiger partial charge in [-0.3, -0.25) is 0 Å². The highest BCUT2D eigenvalue weighted by Crippen LogP contribution is 2.36. The molecule has 0 aliphatic carbocycles. The zero-order chi connectivity index (χ0) is 9.84. The maximum atomic E-state index is 9.70. The van der Waals surface area contributed by atoms with Crippen molar-refractivity contribution in [3.8, 4) is 17.2 Å². The molecule has 13 heavy (non-hydrogen) atoms. The zero-order valence-corrected chi connectivity index (χ0v) is 8.13. The summed E-state index contributed by atoms with van der Waals surface area (Å²) in [6.45, 7) is 1.96. The Morgan fingerprint density at radius 3 is 2.15 bits per heavy atom. The number of ether oxygens (including phenoxy) is 2. The molecule has 3 heteroatoms. The van der Waals surface area contributed by atoms with Crippen LogP contribution in [0.1, 0.15) is 12.5 Å². The van der Waals surface area contributed by atoms with Crippen LogP contribution in [0.2, 0.25) is 0 Å². The van der Waals surface area contributed by atoms with Crippen LogP contribution in [0.4, 0.5) is 0 Å². The summed E-state index contributed by atoms with van der Waals surface area (Å²) in [4.78, 5) is 0. The van der Waals surface area contributed by atoms with E-state index in [2.05, 4.69) is 0 Å². The number of rotatable bonds is 3. The zero-order valence-electron chi connectivity index (χ0n) is 8.13. The smallest absolute Gasteiger partial charge is 0.164 e. The summed E-state index contributed by atoms with van der Waals surface area (Å²) in [5, 5.41) is 9.70. The molecule has 0 saturated carbocycles. The van der Waals surface area contributed by atoms with E-state index in [-0.39, 0.29) is 5.75 Å². The molecule has 0 unspecified atom stereocenters. The van der Waals surface area contributed by atoms with Gasteiger partial charge in [-0.15, -0.1) is 0 Å². The minimum atomic E-state index is 0.171. The largest absolute Gasteiger partial charge is 0.504 e. The predicted octanol–water partition coefficient (Wildman–Crippen LogP) is 1.97. The maximum absolute atomic E-state index is 9.70. The van der Waals surface area contributed by atoms with Crippen molar-refractivity contribution in [3.05, 3.63) is 17.7 Å². The van der Waals surface area contributed by atoms with Crippen LogP contribution in [0.3, 0.4) is 0 Å². The van der Waals surface area contributed by atoms with E-state index in [1.54, 1.807) is 19.2 Å². The molecule has 0 spiro atoms. The van der Waals surface area contributed by atoms with E-state index in [9.17, 15) is 5.11 Å². The number of benzene rings is 1. The Morgan fingerprint density at radius 1 is 1.15 bits per heavy atom. The molecule has 0 saturated heterocycles. The lowest BCUT2D eigenvalue weighted by atomic mass is 10.1. The first kappa shape index (κ1) is 9.71. The van der Waals surface area contributed by atoms with Gasteiger partial charge >= 0.3 is 0 Å². The molecular formula is C10H14O3. The first-order chi connectivity index (χ1) is 6.24. The Bertz CT molecular complexity index is 294. The monoisotopic (exact) mass is 182 g/mol. The van der Waals surface area contributed by atoms with Crippen LogP contribution < -0.4 is 9.47 Å². The molecule has 0 aromatic heterocycles. The fraction of sp³-hybridized carbons (Fsp3) is 0.400. The van der Waals surface area contributed by atoms with Crippen molar-refractivity contribution >= 4 is 0 Å². The predicted molar refractivity (Wildman–Crippen MR) is 50.6 cm³/mol. The van der Waals surface area contributed by atoms with Crippen molar-refractivity contribution in [2.75, 3.05) is 14.2 Å². The summed E-state index contributed by atoms with van der Waals surface area (Å²) in [7, 11) is 3.11. The van der Waals surface area contributed by atoms with Crippen LogP contribution in [-0.4, -0.2) is 19.3 Å². The number of hydrogen-bond acceptors (Lipinski definition) is 3. The lowest BCUT2D eigenvalue weighted by molar-refractivity contribution is 0.361. The van der Waals surface area contributed by atoms with Crippen LogP contribution in [0.25, 0.3) is 0 Å². The average Bonchev–Trinajstić information content (AvgIpc) is 2.17. The molecule has 1 aromatic rings. The molecule has 0 aliphatic heterocycles. The number of methoxy groups -OCH3 is 2. The lowest BCUT2D eigenvalue weighted by Gasteiger charge is -2.11. The topological polar surface area (TPSA) is 38.7 Å². The van der Waals surface area contributed by atoms with Gasteiger partial charge in [0.25, 0.3) is 0 Å². The number of phenols is 1. The standard InChI is InChI=1S/C10H14O3/c1-4-7-8(12-2)5-6-9(13-3)10(7)11/h5-6,11H,4H2,1-3H3. The fourth-order valence-corrected chi connectivity index (χ4v) is 1.29. The number of aromatic hydroxyl groups is 1. The van der Waals surface area contributed by atoms with Crippen LogP contribution >= 0.6 is 0 Å². The highest BCUT2D eigenvalue weighted by atomic mass is 16.5. The Morgan fingerprint density at radius 2 is 1.69 bits per heavy atom. The van der Waals surface area contributed by atoms with Crippen LogP contribution in [-0.2, 0) is 6.42 Å². The number of phenolic OH excluding ortho intramolecular Hbond substituents is 1. The third-order valence-electron chi connectivity index (χ3n) is 2.00. The van der Waals surface area contributed by atoms with Crippen molar-refractivity contribution in [2.45, 2.75) is 13.3 Å². The second-order valence-electron chi connectivity index (χ2n) is 2.65. The first-order valence-corrected chi connectivity index (χ1v) is 4.17. The quantitative estimate of drug-likeness (QED) is 0.776. The van der Waals surface area contributed by atoms with E-state index < -0.39 is 0 Å². The lowest BCUT2D eigenvalue weighted by Crippen LogP contribution is -1.93. The Kier molecular flexibility index (Phi) is 3.01. The minimum absolute atomic E-state index is 0.171. The van der Waals surface area contributed by atoms with Crippen molar-refractivity contribution in [1.29, 1.82) is 0 Å². The van der Waals surface area contributed by atoms with Gasteiger partial charge in [0.05, 0.1) is 14.2 Å². The van der Waals surface area contributed by atoms with Gasteiger partial charge in [-0.25, -0.2) is 0 Å². The van der Waals surface area contributed by atoms with E-state index in [1.807, 2.05) is 6.92 Å². The van der Waals surface area contributed by atoms with Crippen molar-refractivity contribution in [2.24, 2.45) is 0 Å². The van der Waals surface area contributed by atoms with E-state index in [4.69, 9.17) is 9.47 Å². The molecule has 1 N–H and O–H groups in total. The Labute approximate surface area is 77.9 Å². The number of hydrogen-bond donors (Lipinski definition) is 1. The third kappa shape index (κ3) is 1.69. The summed E-state index contributed by atoms with van der Waals surface area (Å²) in [5.74, 6) is 1.35. The van der Waals surface area contributed by atoms with Gasteiger partial charge in [0.1, 0.15) is 5.75 Å². The van der Waals surface area contributed by atoms with E-state index in [0.29, 0.717) is 17.9 Å². The van der Waals surface area contributed by atoms with E-state index >= 15 is 0 Å². The van der Waals surface area contributed by atoms with Crippen molar-refractivity contribution in [3.63, 3.8) is 0 Å². The van der Waals surface area contributed by atoms with Gasteiger partial charge in [-0.1, -0.05) is 6.92 Å². The van der Waals surface area contributed by atoms with E-state index in [0.717, 1.165) is 5.56 Å². The summed E-state index contributed by atoms with van der Waals surface area (Å²) in [5.41, 5.74) is 0.779. The highest BCUT2D eigenvalue weighted by molar-refractivity contribution is 5.52. The minimum Gasteiger partial charge on any atom is -0.504 e. The molecule has 1 rings (SSSR count). The Hall–Kier alpha value is -1.38. The second-order valence-corrected chi connectivity index (χ2v) is 2.65. The van der Waals surface area contributed by atoms with Crippen LogP contribution in [0, 0.1) is 0 Å². The molecule has 72 valence electrons. The molecule has 3 nitrogen and oxygen atoms in total. The highest BCUT2D eigenvalue weighted by Gasteiger charge is 2.11. The SMILES string of the molecule is CCc1c(OC)ccc(OC)c1O. The summed E-state index contributed by atoms with van der Waals surface area (Å²) in [6.07, 6.45) is 0.714. The van der Waals surface area contributed by atoms with Gasteiger partial charge in [0, 0.05) is 5.56 Å². The molecule has 0 fully saturated rings.